The molecule has 0 aromatic carbocycles. The van der Waals surface area contributed by atoms with Crippen molar-refractivity contribution in [3.8, 4) is 0 Å². The summed E-state index contributed by atoms with van der Waals surface area (Å²) in [6.45, 7) is 5.22. The molecule has 0 atom stereocenters. The summed E-state index contributed by atoms with van der Waals surface area (Å²) in [4.78, 5) is 24.3. The minimum absolute atomic E-state index is 0.345. The summed E-state index contributed by atoms with van der Waals surface area (Å²) < 4.78 is 1.50. The summed E-state index contributed by atoms with van der Waals surface area (Å²) >= 11 is 0. The van der Waals surface area contributed by atoms with Gasteiger partial charge in [-0.2, -0.15) is 0 Å². The maximum atomic E-state index is 11.9. The molecule has 0 aliphatic carbocycles. The highest BCUT2D eigenvalue weighted by molar-refractivity contribution is 5.27. The lowest BCUT2D eigenvalue weighted by Crippen LogP contribution is -2.31. The smallest absolute Gasteiger partial charge is 0.306 e. The zero-order valence-corrected chi connectivity index (χ0v) is 10.5. The van der Waals surface area contributed by atoms with Crippen molar-refractivity contribution in [1.29, 1.82) is 0 Å². The fourth-order valence-electron chi connectivity index (χ4n) is 2.32. The van der Waals surface area contributed by atoms with Crippen LogP contribution < -0.4 is 5.56 Å². The Hall–Kier alpha value is -1.69. The molecule has 0 amide bonds. The van der Waals surface area contributed by atoms with E-state index in [0.717, 1.165) is 25.3 Å². The Labute approximate surface area is 105 Å². The molecule has 1 saturated heterocycles. The van der Waals surface area contributed by atoms with Crippen molar-refractivity contribution in [2.75, 3.05) is 19.6 Å². The molecule has 1 aliphatic heterocycles. The Morgan fingerprint density at radius 3 is 2.56 bits per heavy atom. The van der Waals surface area contributed by atoms with Crippen LogP contribution in [0.4, 0.5) is 5.69 Å². The summed E-state index contributed by atoms with van der Waals surface area (Å²) in [5.74, 6) is 0. The van der Waals surface area contributed by atoms with Crippen LogP contribution in [0.3, 0.4) is 0 Å². The van der Waals surface area contributed by atoms with Gasteiger partial charge < -0.3 is 9.47 Å². The Morgan fingerprint density at radius 2 is 1.94 bits per heavy atom. The van der Waals surface area contributed by atoms with E-state index >= 15 is 0 Å². The SMILES string of the molecule is Cc1ccc([N+](=O)[O-])c(=O)n1CCN1CCCC1. The van der Waals surface area contributed by atoms with E-state index in [1.807, 2.05) is 0 Å². The van der Waals surface area contributed by atoms with E-state index in [1.54, 1.807) is 13.0 Å². The van der Waals surface area contributed by atoms with Crippen molar-refractivity contribution < 1.29 is 4.92 Å². The number of nitro groups is 1. The monoisotopic (exact) mass is 251 g/mol. The highest BCUT2D eigenvalue weighted by Crippen LogP contribution is 2.09. The van der Waals surface area contributed by atoms with Crippen LogP contribution in [-0.4, -0.2) is 34.0 Å². The van der Waals surface area contributed by atoms with Crippen LogP contribution >= 0.6 is 0 Å². The number of rotatable bonds is 4. The third-order valence-corrected chi connectivity index (χ3v) is 3.41. The number of hydrogen-bond acceptors (Lipinski definition) is 4. The normalized spacial score (nSPS) is 16.1. The molecule has 2 rings (SSSR count). The number of hydrogen-bond donors (Lipinski definition) is 0. The van der Waals surface area contributed by atoms with Crippen molar-refractivity contribution in [2.45, 2.75) is 26.3 Å². The van der Waals surface area contributed by atoms with Crippen molar-refractivity contribution in [3.05, 3.63) is 38.3 Å². The summed E-state index contributed by atoms with van der Waals surface area (Å²) in [6, 6.07) is 2.91. The van der Waals surface area contributed by atoms with Gasteiger partial charge in [0.1, 0.15) is 0 Å². The van der Waals surface area contributed by atoms with Gasteiger partial charge in [-0.1, -0.05) is 0 Å². The Bertz CT molecular complexity index is 504. The largest absolute Gasteiger partial charge is 0.334 e. The predicted molar refractivity (Wildman–Crippen MR) is 67.8 cm³/mol. The van der Waals surface area contributed by atoms with Gasteiger partial charge in [-0.05, 0) is 38.9 Å². The van der Waals surface area contributed by atoms with Crippen molar-refractivity contribution in [1.82, 2.24) is 9.47 Å². The van der Waals surface area contributed by atoms with Crippen LogP contribution in [0, 0.1) is 17.0 Å². The zero-order valence-electron chi connectivity index (χ0n) is 10.5. The average Bonchev–Trinajstić information content (AvgIpc) is 2.81. The van der Waals surface area contributed by atoms with Gasteiger partial charge in [0, 0.05) is 24.8 Å². The third kappa shape index (κ3) is 2.59. The van der Waals surface area contributed by atoms with Gasteiger partial charge in [0.2, 0.25) is 0 Å². The standard InChI is InChI=1S/C12H17N3O3/c1-10-4-5-11(15(17)18)12(16)14(10)9-8-13-6-2-3-7-13/h4-5H,2-3,6-9H2,1H3. The molecular formula is C12H17N3O3. The first kappa shape index (κ1) is 12.8. The van der Waals surface area contributed by atoms with Gasteiger partial charge in [-0.25, -0.2) is 0 Å². The lowest BCUT2D eigenvalue weighted by molar-refractivity contribution is -0.386. The highest BCUT2D eigenvalue weighted by Gasteiger charge is 2.17. The molecule has 1 aromatic heterocycles. The molecule has 0 bridgehead atoms. The second-order valence-electron chi connectivity index (χ2n) is 4.62. The van der Waals surface area contributed by atoms with E-state index in [1.165, 1.54) is 23.5 Å². The Morgan fingerprint density at radius 1 is 1.28 bits per heavy atom. The molecule has 18 heavy (non-hydrogen) atoms. The first-order chi connectivity index (χ1) is 8.59. The quantitative estimate of drug-likeness (QED) is 0.595. The third-order valence-electron chi connectivity index (χ3n) is 3.41. The second-order valence-corrected chi connectivity index (χ2v) is 4.62. The lowest BCUT2D eigenvalue weighted by atomic mass is 10.3. The molecule has 0 saturated carbocycles. The minimum atomic E-state index is -0.617. The molecule has 1 aliphatic rings. The molecule has 98 valence electrons. The van der Waals surface area contributed by atoms with Gasteiger partial charge in [-0.15, -0.1) is 0 Å². The summed E-state index contributed by atoms with van der Waals surface area (Å²) in [7, 11) is 0. The number of aromatic nitrogens is 1. The number of aryl methyl sites for hydroxylation is 1. The first-order valence-electron chi connectivity index (χ1n) is 6.17. The van der Waals surface area contributed by atoms with Crippen LogP contribution in [0.1, 0.15) is 18.5 Å². The first-order valence-corrected chi connectivity index (χ1v) is 6.17. The number of likely N-dealkylation sites (tertiary alicyclic amines) is 1. The van der Waals surface area contributed by atoms with Crippen molar-refractivity contribution in [3.63, 3.8) is 0 Å². The molecule has 0 spiro atoms. The predicted octanol–water partition coefficient (Wildman–Crippen LogP) is 1.16. The summed E-state index contributed by atoms with van der Waals surface area (Å²) in [5, 5.41) is 10.7. The minimum Gasteiger partial charge on any atom is -0.306 e. The zero-order chi connectivity index (χ0) is 13.1. The van der Waals surface area contributed by atoms with E-state index < -0.39 is 10.5 Å². The van der Waals surface area contributed by atoms with Crippen LogP contribution in [0.5, 0.6) is 0 Å². The summed E-state index contributed by atoms with van der Waals surface area (Å²) in [6.07, 6.45) is 2.39. The van der Waals surface area contributed by atoms with E-state index in [2.05, 4.69) is 4.90 Å². The molecule has 1 fully saturated rings. The Balaban J connectivity index is 2.18. The number of nitrogens with zero attached hydrogens (tertiary/aromatic N) is 3. The molecule has 1 aromatic rings. The maximum absolute atomic E-state index is 11.9. The topological polar surface area (TPSA) is 68.4 Å². The van der Waals surface area contributed by atoms with Gasteiger partial charge >= 0.3 is 11.2 Å². The Kier molecular flexibility index (Phi) is 3.76. The highest BCUT2D eigenvalue weighted by atomic mass is 16.6. The molecule has 6 heteroatoms. The van der Waals surface area contributed by atoms with Crippen LogP contribution in [-0.2, 0) is 6.54 Å². The van der Waals surface area contributed by atoms with Gasteiger partial charge in [0.15, 0.2) is 0 Å². The fourth-order valence-corrected chi connectivity index (χ4v) is 2.32. The molecule has 0 radical (unpaired) electrons. The fraction of sp³-hybridized carbons (Fsp3) is 0.583. The van der Waals surface area contributed by atoms with Crippen molar-refractivity contribution in [2.24, 2.45) is 0 Å². The van der Waals surface area contributed by atoms with E-state index in [-0.39, 0.29) is 5.69 Å². The van der Waals surface area contributed by atoms with Crippen LogP contribution in [0.25, 0.3) is 0 Å². The molecule has 0 N–H and O–H groups in total. The molecule has 0 unspecified atom stereocenters. The van der Waals surface area contributed by atoms with Crippen LogP contribution in [0.15, 0.2) is 16.9 Å². The average molecular weight is 251 g/mol. The summed E-state index contributed by atoms with van der Waals surface area (Å²) in [5.41, 5.74) is -0.0778. The van der Waals surface area contributed by atoms with E-state index in [4.69, 9.17) is 0 Å². The molecule has 2 heterocycles. The second kappa shape index (κ2) is 5.30. The van der Waals surface area contributed by atoms with E-state index in [0.29, 0.717) is 6.54 Å². The number of pyridine rings is 1. The van der Waals surface area contributed by atoms with Gasteiger partial charge in [-0.3, -0.25) is 14.9 Å². The maximum Gasteiger partial charge on any atom is 0.334 e. The lowest BCUT2D eigenvalue weighted by Gasteiger charge is -2.16. The molecule has 6 nitrogen and oxygen atoms in total. The van der Waals surface area contributed by atoms with Gasteiger partial charge in [0.25, 0.3) is 0 Å². The van der Waals surface area contributed by atoms with E-state index in [9.17, 15) is 14.9 Å². The van der Waals surface area contributed by atoms with Crippen LogP contribution in [0.2, 0.25) is 0 Å². The van der Waals surface area contributed by atoms with Crippen molar-refractivity contribution >= 4 is 5.69 Å². The molecular weight excluding hydrogens is 234 g/mol. The van der Waals surface area contributed by atoms with Gasteiger partial charge in [0.05, 0.1) is 4.92 Å².